The highest BCUT2D eigenvalue weighted by Crippen LogP contribution is 2.20. The van der Waals surface area contributed by atoms with Gasteiger partial charge in [0.2, 0.25) is 11.9 Å². The van der Waals surface area contributed by atoms with Gasteiger partial charge in [-0.05, 0) is 18.9 Å². The van der Waals surface area contributed by atoms with Crippen molar-refractivity contribution in [3.63, 3.8) is 0 Å². The fourth-order valence-corrected chi connectivity index (χ4v) is 2.74. The number of urea groups is 1. The summed E-state index contributed by atoms with van der Waals surface area (Å²) in [4.78, 5) is 47.0. The lowest BCUT2D eigenvalue weighted by Gasteiger charge is -2.32. The van der Waals surface area contributed by atoms with Gasteiger partial charge < -0.3 is 4.90 Å². The number of carbonyl (C=O) groups is 3. The molecular weight excluding hydrogens is 300 g/mol. The van der Waals surface area contributed by atoms with Crippen molar-refractivity contribution in [3.05, 3.63) is 18.5 Å². The molecule has 0 aromatic carbocycles. The highest BCUT2D eigenvalue weighted by molar-refractivity contribution is 6.02. The van der Waals surface area contributed by atoms with Crippen LogP contribution in [-0.2, 0) is 9.59 Å². The molecule has 3 heterocycles. The van der Waals surface area contributed by atoms with Gasteiger partial charge in [0.1, 0.15) is 6.54 Å². The molecule has 2 saturated heterocycles. The lowest BCUT2D eigenvalue weighted by molar-refractivity contribution is -0.129. The maximum atomic E-state index is 12.4. The number of hydrogen-bond donors (Lipinski definition) is 1. The Kier molecular flexibility index (Phi) is 4.09. The average molecular weight is 318 g/mol. The highest BCUT2D eigenvalue weighted by atomic mass is 16.2. The van der Waals surface area contributed by atoms with Crippen LogP contribution >= 0.6 is 0 Å². The van der Waals surface area contributed by atoms with Crippen LogP contribution in [0.25, 0.3) is 0 Å². The quantitative estimate of drug-likeness (QED) is 0.763. The summed E-state index contributed by atoms with van der Waals surface area (Å²) in [6.45, 7) is 1.15. The van der Waals surface area contributed by atoms with E-state index in [4.69, 9.17) is 0 Å². The van der Waals surface area contributed by atoms with E-state index in [-0.39, 0.29) is 24.3 Å². The van der Waals surface area contributed by atoms with E-state index in [9.17, 15) is 14.4 Å². The van der Waals surface area contributed by atoms with E-state index in [0.717, 1.165) is 29.3 Å². The number of nitrogens with one attached hydrogen (secondary N) is 1. The number of nitrogens with zero attached hydrogens (tertiary/aromatic N) is 5. The first-order valence-corrected chi connectivity index (χ1v) is 7.47. The number of amides is 4. The number of likely N-dealkylation sites (N-methyl/N-ethyl adjacent to an activating group) is 1. The van der Waals surface area contributed by atoms with Gasteiger partial charge in [-0.3, -0.25) is 19.9 Å². The topological polar surface area (TPSA) is 98.7 Å². The normalized spacial score (nSPS) is 21.8. The molecule has 0 aliphatic carbocycles. The first-order chi connectivity index (χ1) is 11.1. The zero-order valence-electron chi connectivity index (χ0n) is 12.8. The number of anilines is 1. The molecule has 0 bridgehead atoms. The van der Waals surface area contributed by atoms with E-state index >= 15 is 0 Å². The molecule has 2 fully saturated rings. The average Bonchev–Trinajstić information content (AvgIpc) is 2.83. The van der Waals surface area contributed by atoms with Crippen molar-refractivity contribution in [1.82, 2.24) is 25.3 Å². The van der Waals surface area contributed by atoms with Crippen molar-refractivity contribution in [1.29, 1.82) is 0 Å². The minimum absolute atomic E-state index is 0.126. The van der Waals surface area contributed by atoms with E-state index in [2.05, 4.69) is 15.4 Å². The van der Waals surface area contributed by atoms with Gasteiger partial charge in [-0.25, -0.2) is 19.8 Å². The Labute approximate surface area is 133 Å². The summed E-state index contributed by atoms with van der Waals surface area (Å²) in [5.41, 5.74) is 2.55. The van der Waals surface area contributed by atoms with Crippen LogP contribution in [0.5, 0.6) is 0 Å². The Morgan fingerprint density at radius 3 is 2.70 bits per heavy atom. The highest BCUT2D eigenvalue weighted by Gasteiger charge is 2.36. The van der Waals surface area contributed by atoms with E-state index in [0.29, 0.717) is 12.5 Å². The minimum Gasteiger partial charge on any atom is -0.340 e. The van der Waals surface area contributed by atoms with Crippen molar-refractivity contribution >= 4 is 23.8 Å². The van der Waals surface area contributed by atoms with Crippen LogP contribution < -0.4 is 10.3 Å². The van der Waals surface area contributed by atoms with Gasteiger partial charge in [-0.2, -0.15) is 0 Å². The Morgan fingerprint density at radius 1 is 1.30 bits per heavy atom. The van der Waals surface area contributed by atoms with Gasteiger partial charge in [-0.15, -0.1) is 0 Å². The van der Waals surface area contributed by atoms with Gasteiger partial charge in [0.25, 0.3) is 5.91 Å². The second kappa shape index (κ2) is 6.19. The molecule has 0 spiro atoms. The molecule has 122 valence electrons. The maximum Gasteiger partial charge on any atom is 0.345 e. The van der Waals surface area contributed by atoms with Crippen LogP contribution in [0.4, 0.5) is 10.7 Å². The molecule has 9 nitrogen and oxygen atoms in total. The third-order valence-corrected chi connectivity index (χ3v) is 4.06. The SMILES string of the molecule is CN1C(=O)CN(NC(=O)C2CCCN(c3ncccn3)C2)C1=O. The zero-order chi connectivity index (χ0) is 16.4. The van der Waals surface area contributed by atoms with Crippen LogP contribution in [-0.4, -0.2) is 64.4 Å². The summed E-state index contributed by atoms with van der Waals surface area (Å²) in [5.74, 6) is -0.279. The van der Waals surface area contributed by atoms with Crippen molar-refractivity contribution in [2.24, 2.45) is 5.92 Å². The van der Waals surface area contributed by atoms with Gasteiger partial charge in [-0.1, -0.05) is 0 Å². The fourth-order valence-electron chi connectivity index (χ4n) is 2.74. The van der Waals surface area contributed by atoms with Crippen molar-refractivity contribution in [3.8, 4) is 0 Å². The molecule has 1 atom stereocenters. The molecule has 2 aliphatic heterocycles. The zero-order valence-corrected chi connectivity index (χ0v) is 12.8. The first-order valence-electron chi connectivity index (χ1n) is 7.47. The third-order valence-electron chi connectivity index (χ3n) is 4.06. The van der Waals surface area contributed by atoms with Gasteiger partial charge in [0.05, 0.1) is 5.92 Å². The smallest absolute Gasteiger partial charge is 0.340 e. The van der Waals surface area contributed by atoms with Crippen molar-refractivity contribution < 1.29 is 14.4 Å². The fraction of sp³-hybridized carbons (Fsp3) is 0.500. The molecule has 4 amide bonds. The van der Waals surface area contributed by atoms with Crippen LogP contribution in [0, 0.1) is 5.92 Å². The van der Waals surface area contributed by atoms with Crippen LogP contribution in [0.1, 0.15) is 12.8 Å². The monoisotopic (exact) mass is 318 g/mol. The van der Waals surface area contributed by atoms with Crippen LogP contribution in [0.15, 0.2) is 18.5 Å². The second-order valence-electron chi connectivity index (χ2n) is 5.63. The summed E-state index contributed by atoms with van der Waals surface area (Å²) in [7, 11) is 1.39. The van der Waals surface area contributed by atoms with Crippen molar-refractivity contribution in [2.75, 3.05) is 31.6 Å². The van der Waals surface area contributed by atoms with Gasteiger partial charge >= 0.3 is 6.03 Å². The molecule has 0 saturated carbocycles. The Bertz CT molecular complexity index is 622. The molecule has 1 unspecified atom stereocenters. The van der Waals surface area contributed by atoms with E-state index in [1.807, 2.05) is 4.90 Å². The summed E-state index contributed by atoms with van der Waals surface area (Å²) in [5, 5.41) is 1.06. The summed E-state index contributed by atoms with van der Waals surface area (Å²) in [6, 6.07) is 1.23. The molecule has 0 radical (unpaired) electrons. The summed E-state index contributed by atoms with van der Waals surface area (Å²) >= 11 is 0. The number of piperidine rings is 1. The predicted octanol–water partition coefficient (Wildman–Crippen LogP) is -0.382. The summed E-state index contributed by atoms with van der Waals surface area (Å²) < 4.78 is 0. The number of aromatic nitrogens is 2. The summed E-state index contributed by atoms with van der Waals surface area (Å²) in [6.07, 6.45) is 4.89. The molecule has 1 aromatic heterocycles. The predicted molar refractivity (Wildman–Crippen MR) is 80.0 cm³/mol. The van der Waals surface area contributed by atoms with E-state index in [1.54, 1.807) is 18.5 Å². The molecule has 1 aromatic rings. The first kappa shape index (κ1) is 15.2. The molecule has 9 heteroatoms. The van der Waals surface area contributed by atoms with Crippen molar-refractivity contribution in [2.45, 2.75) is 12.8 Å². The molecule has 1 N–H and O–H groups in total. The Balaban J connectivity index is 1.62. The molecule has 3 rings (SSSR count). The minimum atomic E-state index is -0.512. The number of rotatable bonds is 3. The van der Waals surface area contributed by atoms with Crippen LogP contribution in [0.3, 0.4) is 0 Å². The Morgan fingerprint density at radius 2 is 2.04 bits per heavy atom. The number of hydrogen-bond acceptors (Lipinski definition) is 6. The van der Waals surface area contributed by atoms with Gasteiger partial charge in [0, 0.05) is 32.5 Å². The van der Waals surface area contributed by atoms with Crippen LogP contribution in [0.2, 0.25) is 0 Å². The molecule has 23 heavy (non-hydrogen) atoms. The largest absolute Gasteiger partial charge is 0.345 e. The standard InChI is InChI=1S/C14H18N6O3/c1-18-11(21)9-20(14(18)23)17-12(22)10-4-2-7-19(8-10)13-15-5-3-6-16-13/h3,5-6,10H,2,4,7-9H2,1H3,(H,17,22). The lowest BCUT2D eigenvalue weighted by atomic mass is 9.98. The lowest BCUT2D eigenvalue weighted by Crippen LogP contribution is -2.50. The number of imide groups is 1. The third kappa shape index (κ3) is 3.08. The number of carbonyl (C=O) groups excluding carboxylic acids is 3. The molecule has 2 aliphatic rings. The van der Waals surface area contributed by atoms with E-state index in [1.165, 1.54) is 7.05 Å². The molecular formula is C14H18N6O3. The Hall–Kier alpha value is -2.71. The van der Waals surface area contributed by atoms with E-state index < -0.39 is 6.03 Å². The van der Waals surface area contributed by atoms with Gasteiger partial charge in [0.15, 0.2) is 0 Å². The number of hydrazine groups is 1. The maximum absolute atomic E-state index is 12.4. The second-order valence-corrected chi connectivity index (χ2v) is 5.63.